The fourth-order valence-electron chi connectivity index (χ4n) is 3.59. The molecule has 145 valence electrons. The van der Waals surface area contributed by atoms with Crippen LogP contribution in [0, 0.1) is 11.8 Å². The maximum Gasteiger partial charge on any atom is -0.0323 e. The molecule has 0 bridgehead atoms. The fourth-order valence-corrected chi connectivity index (χ4v) is 3.59. The van der Waals surface area contributed by atoms with Crippen LogP contribution in [-0.2, 0) is 0 Å². The van der Waals surface area contributed by atoms with Gasteiger partial charge in [-0.1, -0.05) is 130 Å². The summed E-state index contributed by atoms with van der Waals surface area (Å²) in [6.45, 7) is 9.48. The Hall–Kier alpha value is 0. The summed E-state index contributed by atoms with van der Waals surface area (Å²) in [5.74, 6) is 0. The minimum Gasteiger partial charge on any atom is -0.0654 e. The zero-order chi connectivity index (χ0) is 17.9. The first-order valence-electron chi connectivity index (χ1n) is 11.5. The highest BCUT2D eigenvalue weighted by Crippen LogP contribution is 2.29. The van der Waals surface area contributed by atoms with Crippen LogP contribution in [0.2, 0.25) is 0 Å². The molecule has 1 radical (unpaired) electrons. The molecule has 0 aliphatic heterocycles. The topological polar surface area (TPSA) is 0 Å². The van der Waals surface area contributed by atoms with Gasteiger partial charge in [0.2, 0.25) is 0 Å². The summed E-state index contributed by atoms with van der Waals surface area (Å²) >= 11 is 0. The number of hydrogen-bond acceptors (Lipinski definition) is 0. The zero-order valence-electron chi connectivity index (χ0n) is 17.8. The van der Waals surface area contributed by atoms with Gasteiger partial charge in [0.15, 0.2) is 0 Å². The van der Waals surface area contributed by atoms with Crippen LogP contribution in [0.25, 0.3) is 0 Å². The molecule has 0 heterocycles. The van der Waals surface area contributed by atoms with Gasteiger partial charge in [0.25, 0.3) is 0 Å². The average molecular weight is 338 g/mol. The summed E-state index contributed by atoms with van der Waals surface area (Å²) in [6, 6.07) is 0. The molecule has 0 aromatic heterocycles. The molecule has 0 aliphatic carbocycles. The van der Waals surface area contributed by atoms with Gasteiger partial charge < -0.3 is 0 Å². The molecule has 0 aromatic carbocycles. The molecule has 0 saturated carbocycles. The Balaban J connectivity index is 3.31. The van der Waals surface area contributed by atoms with Crippen molar-refractivity contribution in [3.05, 3.63) is 6.42 Å². The van der Waals surface area contributed by atoms with Gasteiger partial charge in [0.1, 0.15) is 0 Å². The van der Waals surface area contributed by atoms with Gasteiger partial charge in [-0.05, 0) is 24.7 Å². The van der Waals surface area contributed by atoms with Crippen molar-refractivity contribution in [1.29, 1.82) is 0 Å². The third-order valence-corrected chi connectivity index (χ3v) is 5.43. The highest BCUT2D eigenvalue weighted by molar-refractivity contribution is 4.84. The van der Waals surface area contributed by atoms with Crippen LogP contribution < -0.4 is 0 Å². The van der Waals surface area contributed by atoms with Crippen LogP contribution in [0.3, 0.4) is 0 Å². The molecule has 0 unspecified atom stereocenters. The molecular weight excluding hydrogens is 288 g/mol. The Morgan fingerprint density at radius 1 is 0.500 bits per heavy atom. The second-order valence-corrected chi connectivity index (χ2v) is 8.68. The van der Waals surface area contributed by atoms with Crippen LogP contribution >= 0.6 is 0 Å². The van der Waals surface area contributed by atoms with Gasteiger partial charge >= 0.3 is 0 Å². The number of rotatable bonds is 19. The van der Waals surface area contributed by atoms with Crippen molar-refractivity contribution in [2.45, 2.75) is 143 Å². The van der Waals surface area contributed by atoms with Gasteiger partial charge in [-0.3, -0.25) is 0 Å². The predicted molar refractivity (Wildman–Crippen MR) is 113 cm³/mol. The van der Waals surface area contributed by atoms with E-state index >= 15 is 0 Å². The van der Waals surface area contributed by atoms with Crippen molar-refractivity contribution in [2.24, 2.45) is 5.41 Å². The third-order valence-electron chi connectivity index (χ3n) is 5.43. The minimum absolute atomic E-state index is 0.462. The van der Waals surface area contributed by atoms with E-state index in [-0.39, 0.29) is 0 Å². The highest BCUT2D eigenvalue weighted by Gasteiger charge is 2.16. The molecule has 0 rings (SSSR count). The maximum atomic E-state index is 2.62. The molecule has 0 atom stereocenters. The molecule has 0 nitrogen and oxygen atoms in total. The quantitative estimate of drug-likeness (QED) is 0.206. The van der Waals surface area contributed by atoms with Crippen molar-refractivity contribution in [1.82, 2.24) is 0 Å². The van der Waals surface area contributed by atoms with Crippen molar-refractivity contribution in [3.8, 4) is 0 Å². The molecule has 0 saturated heterocycles. The lowest BCUT2D eigenvalue weighted by Gasteiger charge is -2.24. The van der Waals surface area contributed by atoms with Crippen LogP contribution in [0.1, 0.15) is 143 Å². The Morgan fingerprint density at radius 3 is 1.33 bits per heavy atom. The SMILES string of the molecule is CCCCCCCCCCC[CH]C(C)(C)CCCCCCCCC. The molecule has 0 N–H and O–H groups in total. The zero-order valence-corrected chi connectivity index (χ0v) is 17.8. The van der Waals surface area contributed by atoms with Crippen molar-refractivity contribution in [2.75, 3.05) is 0 Å². The second kappa shape index (κ2) is 17.8. The van der Waals surface area contributed by atoms with Gasteiger partial charge in [-0.25, -0.2) is 0 Å². The third kappa shape index (κ3) is 18.3. The van der Waals surface area contributed by atoms with E-state index in [1.165, 1.54) is 116 Å². The first-order valence-corrected chi connectivity index (χ1v) is 11.5. The van der Waals surface area contributed by atoms with E-state index in [4.69, 9.17) is 0 Å². The van der Waals surface area contributed by atoms with Gasteiger partial charge in [0, 0.05) is 0 Å². The Kier molecular flexibility index (Phi) is 17.8. The highest BCUT2D eigenvalue weighted by atomic mass is 14.2. The van der Waals surface area contributed by atoms with Crippen LogP contribution in [-0.4, -0.2) is 0 Å². The van der Waals surface area contributed by atoms with Gasteiger partial charge in [-0.2, -0.15) is 0 Å². The monoisotopic (exact) mass is 337 g/mol. The van der Waals surface area contributed by atoms with E-state index in [0.29, 0.717) is 5.41 Å². The van der Waals surface area contributed by atoms with Crippen LogP contribution in [0.4, 0.5) is 0 Å². The summed E-state index contributed by atoms with van der Waals surface area (Å²) in [7, 11) is 0. The first-order chi connectivity index (χ1) is 11.6. The van der Waals surface area contributed by atoms with E-state index in [2.05, 4.69) is 34.1 Å². The summed E-state index contributed by atoms with van der Waals surface area (Å²) in [6.07, 6.45) is 28.3. The average Bonchev–Trinajstić information content (AvgIpc) is 2.55. The predicted octanol–water partition coefficient (Wildman–Crippen LogP) is 9.28. The van der Waals surface area contributed by atoms with E-state index < -0.39 is 0 Å². The molecule has 0 fully saturated rings. The van der Waals surface area contributed by atoms with Gasteiger partial charge in [0.05, 0.1) is 0 Å². The molecule has 0 amide bonds. The lowest BCUT2D eigenvalue weighted by Crippen LogP contribution is -2.11. The van der Waals surface area contributed by atoms with Crippen LogP contribution in [0.15, 0.2) is 0 Å². The minimum atomic E-state index is 0.462. The Bertz CT molecular complexity index is 228. The van der Waals surface area contributed by atoms with Crippen molar-refractivity contribution in [3.63, 3.8) is 0 Å². The first kappa shape index (κ1) is 24.0. The van der Waals surface area contributed by atoms with Crippen LogP contribution in [0.5, 0.6) is 0 Å². The van der Waals surface area contributed by atoms with E-state index in [9.17, 15) is 0 Å². The summed E-state index contributed by atoms with van der Waals surface area (Å²) in [5.41, 5.74) is 0.462. The van der Waals surface area contributed by atoms with Crippen molar-refractivity contribution >= 4 is 0 Å². The summed E-state index contributed by atoms with van der Waals surface area (Å²) < 4.78 is 0. The number of unbranched alkanes of at least 4 members (excludes halogenated alkanes) is 15. The molecular formula is C24H49. The Labute approximate surface area is 155 Å². The lowest BCUT2D eigenvalue weighted by molar-refractivity contribution is 0.361. The fraction of sp³-hybridized carbons (Fsp3) is 0.958. The summed E-state index contributed by atoms with van der Waals surface area (Å²) in [4.78, 5) is 0. The summed E-state index contributed by atoms with van der Waals surface area (Å²) in [5, 5.41) is 0. The molecule has 0 aliphatic rings. The van der Waals surface area contributed by atoms with Crippen molar-refractivity contribution < 1.29 is 0 Å². The molecule has 0 heteroatoms. The second-order valence-electron chi connectivity index (χ2n) is 8.68. The molecule has 24 heavy (non-hydrogen) atoms. The van der Waals surface area contributed by atoms with E-state index in [1.807, 2.05) is 0 Å². The lowest BCUT2D eigenvalue weighted by atomic mass is 9.82. The standard InChI is InChI=1S/C24H49/c1-5-7-9-11-13-14-15-17-19-21-23-24(3,4)22-20-18-16-12-10-8-6-2/h23H,5-22H2,1-4H3. The molecule has 0 aromatic rings. The smallest absolute Gasteiger partial charge is 0.0323 e. The van der Waals surface area contributed by atoms with Gasteiger partial charge in [-0.15, -0.1) is 0 Å². The van der Waals surface area contributed by atoms with E-state index in [1.54, 1.807) is 0 Å². The normalized spacial score (nSPS) is 12.0. The number of hydrogen-bond donors (Lipinski definition) is 0. The largest absolute Gasteiger partial charge is 0.0654 e. The van der Waals surface area contributed by atoms with E-state index in [0.717, 1.165) is 0 Å². The maximum absolute atomic E-state index is 2.62. The Morgan fingerprint density at radius 2 is 0.875 bits per heavy atom. The molecule has 0 spiro atoms.